The number of nitrogens with zero attached hydrogens (tertiary/aromatic N) is 4. The first-order valence-corrected chi connectivity index (χ1v) is 10.3. The number of piperidine rings is 1. The molecule has 30 heavy (non-hydrogen) atoms. The number of hydrogen-bond donors (Lipinski definition) is 0. The van der Waals surface area contributed by atoms with Gasteiger partial charge in [0.15, 0.2) is 7.98 Å². The molecule has 2 aromatic heterocycles. The Hall–Kier alpha value is -3.30. The summed E-state index contributed by atoms with van der Waals surface area (Å²) in [5, 5.41) is 6.10. The van der Waals surface area contributed by atoms with Crippen LogP contribution in [0.2, 0.25) is 0 Å². The first kappa shape index (κ1) is 20.0. The number of fused-ring (bicyclic) bond motifs is 1. The van der Waals surface area contributed by atoms with Gasteiger partial charge >= 0.3 is 0 Å². The Kier molecular flexibility index (Phi) is 6.01. The van der Waals surface area contributed by atoms with E-state index in [1.165, 1.54) is 6.42 Å². The van der Waals surface area contributed by atoms with Gasteiger partial charge in [0.2, 0.25) is 0 Å². The van der Waals surface area contributed by atoms with Gasteiger partial charge in [-0.3, -0.25) is 9.67 Å². The van der Waals surface area contributed by atoms with Gasteiger partial charge in [-0.05, 0) is 74.9 Å². The number of benzene rings is 1. The molecule has 6 heteroatoms. The maximum atomic E-state index is 5.89. The smallest absolute Gasteiger partial charge is 0.185 e. The van der Waals surface area contributed by atoms with Crippen LogP contribution in [0.15, 0.2) is 66.7 Å². The van der Waals surface area contributed by atoms with E-state index in [2.05, 4.69) is 34.4 Å². The third kappa shape index (κ3) is 4.17. The monoisotopic (exact) mass is 396 g/mol. The fourth-order valence-electron chi connectivity index (χ4n) is 3.95. The lowest BCUT2D eigenvalue weighted by molar-refractivity contribution is 0.266. The van der Waals surface area contributed by atoms with E-state index in [1.807, 2.05) is 49.7 Å². The maximum Gasteiger partial charge on any atom is 0.185 e. The predicted molar refractivity (Wildman–Crippen MR) is 124 cm³/mol. The lowest BCUT2D eigenvalue weighted by Gasteiger charge is -2.30. The number of ether oxygens (including phenoxy) is 1. The minimum atomic E-state index is 0.380. The summed E-state index contributed by atoms with van der Waals surface area (Å²) in [7, 11) is 2.18. The minimum absolute atomic E-state index is 0.380. The molecule has 0 bridgehead atoms. The molecule has 150 valence electrons. The number of hydrogen-bond acceptors (Lipinski definition) is 4. The van der Waals surface area contributed by atoms with Gasteiger partial charge in [-0.1, -0.05) is 5.92 Å². The summed E-state index contributed by atoms with van der Waals surface area (Å²) in [6.07, 6.45) is 16.6. The third-order valence-corrected chi connectivity index (χ3v) is 5.45. The van der Waals surface area contributed by atoms with E-state index in [0.29, 0.717) is 11.8 Å². The Bertz CT molecular complexity index is 1120. The molecule has 1 atom stereocenters. The molecule has 0 aliphatic carbocycles. The minimum Gasteiger partial charge on any atom is -0.458 e. The number of terminal acetylenes is 1. The second-order valence-electron chi connectivity index (χ2n) is 7.56. The van der Waals surface area contributed by atoms with Crippen LogP contribution >= 0.6 is 0 Å². The summed E-state index contributed by atoms with van der Waals surface area (Å²) in [6.45, 7) is 4.08. The van der Waals surface area contributed by atoms with Gasteiger partial charge in [-0.15, -0.1) is 6.42 Å². The molecule has 0 saturated carbocycles. The zero-order valence-corrected chi connectivity index (χ0v) is 17.5. The molecule has 1 aromatic carbocycles. The summed E-state index contributed by atoms with van der Waals surface area (Å²) in [4.78, 5) is 6.73. The van der Waals surface area contributed by atoms with Crippen molar-refractivity contribution in [3.63, 3.8) is 0 Å². The summed E-state index contributed by atoms with van der Waals surface area (Å²) < 4.78 is 8.08. The third-order valence-electron chi connectivity index (χ3n) is 5.45. The van der Waals surface area contributed by atoms with Gasteiger partial charge in [0, 0.05) is 29.9 Å². The first-order chi connectivity index (χ1) is 14.7. The molecule has 1 saturated heterocycles. The van der Waals surface area contributed by atoms with Crippen molar-refractivity contribution in [1.82, 2.24) is 19.6 Å². The lowest BCUT2D eigenvalue weighted by Crippen LogP contribution is -2.35. The Balaban J connectivity index is 1.65. The molecule has 5 nitrogen and oxygen atoms in total. The molecule has 1 unspecified atom stereocenters. The van der Waals surface area contributed by atoms with Gasteiger partial charge in [0.1, 0.15) is 17.2 Å². The summed E-state index contributed by atoms with van der Waals surface area (Å²) >= 11 is 0. The normalized spacial score (nSPS) is 18.0. The zero-order chi connectivity index (χ0) is 20.9. The Labute approximate surface area is 178 Å². The molecule has 0 spiro atoms. The molecule has 1 fully saturated rings. The van der Waals surface area contributed by atoms with E-state index in [1.54, 1.807) is 12.2 Å². The van der Waals surface area contributed by atoms with E-state index in [-0.39, 0.29) is 0 Å². The largest absolute Gasteiger partial charge is 0.458 e. The Morgan fingerprint density at radius 1 is 1.30 bits per heavy atom. The van der Waals surface area contributed by atoms with Crippen LogP contribution in [0.3, 0.4) is 0 Å². The van der Waals surface area contributed by atoms with Crippen LogP contribution in [0.4, 0.5) is 0 Å². The molecule has 4 rings (SSSR count). The van der Waals surface area contributed by atoms with Crippen molar-refractivity contribution in [3.8, 4) is 29.4 Å². The SMILES string of the molecule is BN1CCCC(n2nc(-c3ccc(OC(/C=C\C#C)=C/C)cc3)c3cnccc32)C1. The predicted octanol–water partition coefficient (Wildman–Crippen LogP) is 3.76. The molecule has 0 amide bonds. The number of rotatable bonds is 5. The Morgan fingerprint density at radius 2 is 2.13 bits per heavy atom. The van der Waals surface area contributed by atoms with Gasteiger partial charge in [0.25, 0.3) is 0 Å². The topological polar surface area (TPSA) is 43.2 Å². The molecule has 3 heterocycles. The molecule has 1 aliphatic rings. The van der Waals surface area contributed by atoms with E-state index in [9.17, 15) is 0 Å². The lowest BCUT2D eigenvalue weighted by atomic mass is 10.0. The van der Waals surface area contributed by atoms with Crippen LogP contribution in [0.5, 0.6) is 5.75 Å². The van der Waals surface area contributed by atoms with Crippen LogP contribution in [-0.4, -0.2) is 40.6 Å². The molecular weight excluding hydrogens is 371 g/mol. The quantitative estimate of drug-likeness (QED) is 0.285. The highest BCUT2D eigenvalue weighted by atomic mass is 16.5. The van der Waals surface area contributed by atoms with E-state index >= 15 is 0 Å². The molecule has 0 radical (unpaired) electrons. The summed E-state index contributed by atoms with van der Waals surface area (Å²) in [5.74, 6) is 3.94. The van der Waals surface area contributed by atoms with E-state index < -0.39 is 0 Å². The number of aromatic nitrogens is 3. The van der Waals surface area contributed by atoms with Gasteiger partial charge in [0.05, 0.1) is 11.6 Å². The summed E-state index contributed by atoms with van der Waals surface area (Å²) in [5.41, 5.74) is 3.14. The van der Waals surface area contributed by atoms with Crippen molar-refractivity contribution in [1.29, 1.82) is 0 Å². The molecular formula is C24H25BN4O. The first-order valence-electron chi connectivity index (χ1n) is 10.3. The van der Waals surface area contributed by atoms with Gasteiger partial charge in [-0.2, -0.15) is 5.10 Å². The van der Waals surface area contributed by atoms with Crippen LogP contribution in [0.1, 0.15) is 25.8 Å². The second kappa shape index (κ2) is 9.02. The second-order valence-corrected chi connectivity index (χ2v) is 7.56. The van der Waals surface area contributed by atoms with Gasteiger partial charge in [-0.25, -0.2) is 0 Å². The van der Waals surface area contributed by atoms with Crippen LogP contribution in [0.25, 0.3) is 22.2 Å². The van der Waals surface area contributed by atoms with E-state index in [4.69, 9.17) is 16.3 Å². The van der Waals surface area contributed by atoms with Crippen molar-refractivity contribution in [2.45, 2.75) is 25.8 Å². The zero-order valence-electron chi connectivity index (χ0n) is 17.5. The average Bonchev–Trinajstić information content (AvgIpc) is 3.17. The average molecular weight is 396 g/mol. The molecule has 0 N–H and O–H groups in total. The molecule has 1 aliphatic heterocycles. The van der Waals surface area contributed by atoms with Crippen molar-refractivity contribution in [2.24, 2.45) is 0 Å². The highest BCUT2D eigenvalue weighted by Gasteiger charge is 2.23. The Morgan fingerprint density at radius 3 is 2.87 bits per heavy atom. The fourth-order valence-corrected chi connectivity index (χ4v) is 3.95. The van der Waals surface area contributed by atoms with Crippen molar-refractivity contribution in [2.75, 3.05) is 13.1 Å². The fraction of sp³-hybridized carbons (Fsp3) is 0.250. The van der Waals surface area contributed by atoms with Crippen molar-refractivity contribution >= 4 is 18.9 Å². The van der Waals surface area contributed by atoms with E-state index in [0.717, 1.165) is 47.4 Å². The van der Waals surface area contributed by atoms with Crippen LogP contribution in [0, 0.1) is 12.3 Å². The highest BCUT2D eigenvalue weighted by molar-refractivity contribution is 6.04. The standard InChI is InChI=1S/C24H25BN4O/c1-3-5-8-20(4-2)30-21-11-9-18(10-12-21)24-22-16-26-14-13-23(22)29(27-24)19-7-6-15-28(25)17-19/h1,4-5,8-14,16,19H,6-7,15,17,25H2,2H3/b8-5-,20-4+. The maximum absolute atomic E-state index is 5.89. The summed E-state index contributed by atoms with van der Waals surface area (Å²) in [6, 6.07) is 10.4. The molecule has 3 aromatic rings. The number of pyridine rings is 1. The van der Waals surface area contributed by atoms with Gasteiger partial charge < -0.3 is 9.55 Å². The number of allylic oxidation sites excluding steroid dienone is 3. The van der Waals surface area contributed by atoms with Crippen LogP contribution < -0.4 is 4.74 Å². The van der Waals surface area contributed by atoms with Crippen LogP contribution in [-0.2, 0) is 0 Å². The van der Waals surface area contributed by atoms with Crippen molar-refractivity contribution < 1.29 is 4.74 Å². The van der Waals surface area contributed by atoms with Crippen molar-refractivity contribution in [3.05, 3.63) is 66.7 Å². The highest BCUT2D eigenvalue weighted by Crippen LogP contribution is 2.32.